The Morgan fingerprint density at radius 2 is 1.73 bits per heavy atom. The van der Waals surface area contributed by atoms with E-state index in [0.29, 0.717) is 5.56 Å². The van der Waals surface area contributed by atoms with Gasteiger partial charge in [0.2, 0.25) is 0 Å². The van der Waals surface area contributed by atoms with Gasteiger partial charge in [0.25, 0.3) is 0 Å². The number of aryl methyl sites for hydroxylation is 1. The lowest BCUT2D eigenvalue weighted by Crippen LogP contribution is -2.12. The van der Waals surface area contributed by atoms with Gasteiger partial charge in [0.05, 0.1) is 6.07 Å². The fraction of sp³-hybridized carbons (Fsp3) is 0.188. The van der Waals surface area contributed by atoms with E-state index in [4.69, 9.17) is 14.2 Å². The predicted molar refractivity (Wildman–Crippen MR) is 80.8 cm³/mol. The molecule has 5 nitrogen and oxygen atoms in total. The van der Waals surface area contributed by atoms with Crippen molar-refractivity contribution in [3.05, 3.63) is 59.7 Å². The number of rotatable bonds is 5. The Balaban J connectivity index is 2.38. The van der Waals surface area contributed by atoms with Gasteiger partial charge in [-0.15, -0.1) is 0 Å². The van der Waals surface area contributed by atoms with E-state index in [-0.39, 0.29) is 10.6 Å². The van der Waals surface area contributed by atoms with Crippen LogP contribution in [0.1, 0.15) is 17.2 Å². The van der Waals surface area contributed by atoms with Gasteiger partial charge in [-0.3, -0.25) is 0 Å². The third-order valence-corrected chi connectivity index (χ3v) is 4.31. The highest BCUT2D eigenvalue weighted by Gasteiger charge is 2.21. The number of ether oxygens (including phenoxy) is 1. The van der Waals surface area contributed by atoms with Crippen LogP contribution in [-0.2, 0) is 14.9 Å². The average Bonchev–Trinajstić information content (AvgIpc) is 2.50. The highest BCUT2D eigenvalue weighted by atomic mass is 32.2. The predicted octanol–water partition coefficient (Wildman–Crippen LogP) is 2.97. The fourth-order valence-corrected chi connectivity index (χ4v) is 2.85. The van der Waals surface area contributed by atoms with Crippen LogP contribution in [0.5, 0.6) is 5.75 Å². The molecule has 0 fully saturated rings. The molecule has 2 aromatic carbocycles. The Kier molecular flexibility index (Phi) is 4.81. The van der Waals surface area contributed by atoms with Gasteiger partial charge in [0.1, 0.15) is 10.6 Å². The minimum absolute atomic E-state index is 0.0545. The molecule has 0 radical (unpaired) electrons. The first-order valence-electron chi connectivity index (χ1n) is 6.50. The normalized spacial score (nSPS) is 12.4. The van der Waals surface area contributed by atoms with Gasteiger partial charge >= 0.3 is 10.1 Å². The molecule has 0 spiro atoms. The lowest BCUT2D eigenvalue weighted by molar-refractivity contribution is 0.147. The minimum atomic E-state index is -3.97. The Labute approximate surface area is 129 Å². The summed E-state index contributed by atoms with van der Waals surface area (Å²) in [6.07, 6.45) is -0.899. The molecule has 0 bridgehead atoms. The first kappa shape index (κ1) is 16.0. The molecule has 1 atom stereocenters. The van der Waals surface area contributed by atoms with Gasteiger partial charge in [-0.25, -0.2) is 0 Å². The summed E-state index contributed by atoms with van der Waals surface area (Å²) in [5, 5.41) is 9.07. The first-order chi connectivity index (χ1) is 10.5. The van der Waals surface area contributed by atoms with Crippen LogP contribution in [0.3, 0.4) is 0 Å². The van der Waals surface area contributed by atoms with E-state index in [1.165, 1.54) is 25.3 Å². The molecule has 1 unspecified atom stereocenters. The van der Waals surface area contributed by atoms with E-state index < -0.39 is 16.2 Å². The van der Waals surface area contributed by atoms with E-state index in [2.05, 4.69) is 0 Å². The molecule has 0 saturated heterocycles. The topological polar surface area (TPSA) is 76.4 Å². The first-order valence-corrected chi connectivity index (χ1v) is 7.91. The fourth-order valence-electron chi connectivity index (χ4n) is 1.89. The van der Waals surface area contributed by atoms with Gasteiger partial charge in [-0.05, 0) is 25.1 Å². The zero-order valence-corrected chi connectivity index (χ0v) is 13.0. The van der Waals surface area contributed by atoms with Crippen molar-refractivity contribution >= 4 is 10.1 Å². The van der Waals surface area contributed by atoms with Crippen molar-refractivity contribution in [2.24, 2.45) is 0 Å². The quantitative estimate of drug-likeness (QED) is 0.792. The van der Waals surface area contributed by atoms with Crippen LogP contribution in [-0.4, -0.2) is 15.5 Å². The van der Waals surface area contributed by atoms with Crippen molar-refractivity contribution in [1.82, 2.24) is 0 Å². The van der Waals surface area contributed by atoms with Crippen LogP contribution in [0.4, 0.5) is 0 Å². The second-order valence-electron chi connectivity index (χ2n) is 4.63. The van der Waals surface area contributed by atoms with E-state index in [1.807, 2.05) is 13.0 Å². The molecular formula is C16H15NO4S. The molecule has 0 N–H and O–H groups in total. The van der Waals surface area contributed by atoms with Gasteiger partial charge in [0.15, 0.2) is 6.10 Å². The van der Waals surface area contributed by atoms with Crippen molar-refractivity contribution < 1.29 is 17.3 Å². The standard InChI is InChI=1S/C16H15NO4S/c1-12-7-9-13(10-8-12)22(18,19)21-15-6-4-3-5-14(15)16(11-17)20-2/h3-10,16H,1-2H3. The lowest BCUT2D eigenvalue weighted by Gasteiger charge is -2.14. The van der Waals surface area contributed by atoms with Crippen molar-refractivity contribution in [1.29, 1.82) is 5.26 Å². The minimum Gasteiger partial charge on any atom is -0.379 e. The summed E-state index contributed by atoms with van der Waals surface area (Å²) in [5.41, 5.74) is 1.31. The summed E-state index contributed by atoms with van der Waals surface area (Å²) in [6, 6.07) is 14.7. The second kappa shape index (κ2) is 6.60. The highest BCUT2D eigenvalue weighted by molar-refractivity contribution is 7.87. The maximum atomic E-state index is 12.3. The number of benzene rings is 2. The molecule has 0 aliphatic rings. The Morgan fingerprint density at radius 1 is 1.09 bits per heavy atom. The van der Waals surface area contributed by atoms with Crippen molar-refractivity contribution in [2.75, 3.05) is 7.11 Å². The van der Waals surface area contributed by atoms with Gasteiger partial charge in [-0.2, -0.15) is 13.7 Å². The molecule has 114 valence electrons. The Hall–Kier alpha value is -2.36. The molecule has 0 saturated carbocycles. The van der Waals surface area contributed by atoms with Crippen molar-refractivity contribution in [3.63, 3.8) is 0 Å². The van der Waals surface area contributed by atoms with Crippen LogP contribution < -0.4 is 4.18 Å². The van der Waals surface area contributed by atoms with Gasteiger partial charge in [-0.1, -0.05) is 35.9 Å². The third-order valence-electron chi connectivity index (χ3n) is 3.06. The smallest absolute Gasteiger partial charge is 0.339 e. The summed E-state index contributed by atoms with van der Waals surface area (Å²) < 4.78 is 34.8. The summed E-state index contributed by atoms with van der Waals surface area (Å²) in [4.78, 5) is 0.0545. The molecule has 2 rings (SSSR count). The Morgan fingerprint density at radius 3 is 2.32 bits per heavy atom. The monoisotopic (exact) mass is 317 g/mol. The number of nitriles is 1. The van der Waals surface area contributed by atoms with Crippen LogP contribution in [0.2, 0.25) is 0 Å². The Bertz CT molecular complexity index is 792. The summed E-state index contributed by atoms with van der Waals surface area (Å²) in [5.74, 6) is 0.0801. The molecule has 0 amide bonds. The number of hydrogen-bond acceptors (Lipinski definition) is 5. The molecule has 0 aliphatic heterocycles. The molecule has 6 heteroatoms. The number of nitrogens with zero attached hydrogens (tertiary/aromatic N) is 1. The summed E-state index contributed by atoms with van der Waals surface area (Å²) >= 11 is 0. The maximum absolute atomic E-state index is 12.3. The van der Waals surface area contributed by atoms with Gasteiger partial charge < -0.3 is 8.92 Å². The lowest BCUT2D eigenvalue weighted by atomic mass is 10.1. The molecule has 2 aromatic rings. The van der Waals surface area contributed by atoms with Crippen LogP contribution in [0, 0.1) is 18.3 Å². The van der Waals surface area contributed by atoms with Crippen LogP contribution >= 0.6 is 0 Å². The van der Waals surface area contributed by atoms with E-state index in [9.17, 15) is 8.42 Å². The average molecular weight is 317 g/mol. The third kappa shape index (κ3) is 3.45. The molecule has 0 aromatic heterocycles. The summed E-state index contributed by atoms with van der Waals surface area (Å²) in [7, 11) is -2.59. The SMILES string of the molecule is COC(C#N)c1ccccc1OS(=O)(=O)c1ccc(C)cc1. The van der Waals surface area contributed by atoms with Crippen LogP contribution in [0.15, 0.2) is 53.4 Å². The zero-order valence-electron chi connectivity index (χ0n) is 12.2. The highest BCUT2D eigenvalue weighted by Crippen LogP contribution is 2.29. The molecule has 0 aliphatic carbocycles. The zero-order chi connectivity index (χ0) is 16.2. The van der Waals surface area contributed by atoms with Gasteiger partial charge in [0, 0.05) is 12.7 Å². The number of methoxy groups -OCH3 is 1. The molecular weight excluding hydrogens is 302 g/mol. The summed E-state index contributed by atoms with van der Waals surface area (Å²) in [6.45, 7) is 1.86. The second-order valence-corrected chi connectivity index (χ2v) is 6.18. The number of hydrogen-bond donors (Lipinski definition) is 0. The largest absolute Gasteiger partial charge is 0.379 e. The van der Waals surface area contributed by atoms with E-state index >= 15 is 0 Å². The molecule has 22 heavy (non-hydrogen) atoms. The number of para-hydroxylation sites is 1. The van der Waals surface area contributed by atoms with E-state index in [1.54, 1.807) is 30.3 Å². The maximum Gasteiger partial charge on any atom is 0.339 e. The van der Waals surface area contributed by atoms with E-state index in [0.717, 1.165) is 5.56 Å². The molecule has 0 heterocycles. The van der Waals surface area contributed by atoms with Crippen molar-refractivity contribution in [2.45, 2.75) is 17.9 Å². The van der Waals surface area contributed by atoms with Crippen LogP contribution in [0.25, 0.3) is 0 Å². The van der Waals surface area contributed by atoms with Crippen molar-refractivity contribution in [3.8, 4) is 11.8 Å².